The Bertz CT molecular complexity index is 604. The smallest absolute Gasteiger partial charge is 0.200 e. The molecule has 1 aromatic heterocycles. The number of rotatable bonds is 2. The lowest BCUT2D eigenvalue weighted by molar-refractivity contribution is 0.102. The molecular formula is C13H12N2O3. The van der Waals surface area contributed by atoms with Crippen molar-refractivity contribution < 1.29 is 14.3 Å². The fourth-order valence-corrected chi connectivity index (χ4v) is 1.95. The van der Waals surface area contributed by atoms with E-state index in [2.05, 4.69) is 5.10 Å². The van der Waals surface area contributed by atoms with Gasteiger partial charge < -0.3 is 9.47 Å². The Hall–Kier alpha value is -2.30. The number of fused-ring (bicyclic) bond motifs is 1. The molecule has 92 valence electrons. The van der Waals surface area contributed by atoms with Gasteiger partial charge in [0.05, 0.1) is 17.3 Å². The molecule has 2 aromatic rings. The van der Waals surface area contributed by atoms with Crippen LogP contribution in [0.3, 0.4) is 0 Å². The van der Waals surface area contributed by atoms with Crippen LogP contribution < -0.4 is 9.47 Å². The number of hydrogen-bond acceptors (Lipinski definition) is 4. The Morgan fingerprint density at radius 1 is 1.33 bits per heavy atom. The third-order valence-corrected chi connectivity index (χ3v) is 2.78. The van der Waals surface area contributed by atoms with Gasteiger partial charge in [0, 0.05) is 13.2 Å². The summed E-state index contributed by atoms with van der Waals surface area (Å²) in [4.78, 5) is 12.3. The molecule has 1 aliphatic rings. The topological polar surface area (TPSA) is 53.4 Å². The van der Waals surface area contributed by atoms with Gasteiger partial charge in [0.25, 0.3) is 0 Å². The van der Waals surface area contributed by atoms with E-state index in [9.17, 15) is 4.79 Å². The van der Waals surface area contributed by atoms with Crippen LogP contribution in [0.1, 0.15) is 15.9 Å². The summed E-state index contributed by atoms with van der Waals surface area (Å²) in [5.41, 5.74) is 1.06. The number of aryl methyl sites for hydroxylation is 1. The fourth-order valence-electron chi connectivity index (χ4n) is 1.95. The van der Waals surface area contributed by atoms with Crippen molar-refractivity contribution in [3.8, 4) is 11.5 Å². The number of para-hydroxylation sites is 1. The first-order valence-electron chi connectivity index (χ1n) is 5.67. The Kier molecular flexibility index (Phi) is 2.51. The van der Waals surface area contributed by atoms with Crippen LogP contribution in [0.15, 0.2) is 30.6 Å². The van der Waals surface area contributed by atoms with E-state index in [-0.39, 0.29) is 5.78 Å². The minimum absolute atomic E-state index is 0.106. The Morgan fingerprint density at radius 3 is 2.94 bits per heavy atom. The number of benzene rings is 1. The highest BCUT2D eigenvalue weighted by atomic mass is 16.6. The lowest BCUT2D eigenvalue weighted by Gasteiger charge is -2.20. The summed E-state index contributed by atoms with van der Waals surface area (Å²) in [6, 6.07) is 5.33. The summed E-state index contributed by atoms with van der Waals surface area (Å²) in [7, 11) is 1.77. The van der Waals surface area contributed by atoms with Crippen molar-refractivity contribution in [2.75, 3.05) is 13.2 Å². The minimum atomic E-state index is -0.106. The van der Waals surface area contributed by atoms with Crippen LogP contribution in [0.4, 0.5) is 0 Å². The lowest BCUT2D eigenvalue weighted by atomic mass is 10.0. The van der Waals surface area contributed by atoms with Crippen molar-refractivity contribution in [2.45, 2.75) is 0 Å². The highest BCUT2D eigenvalue weighted by Crippen LogP contribution is 2.34. The zero-order valence-electron chi connectivity index (χ0n) is 9.92. The predicted octanol–water partition coefficient (Wildman–Crippen LogP) is 1.42. The van der Waals surface area contributed by atoms with E-state index in [1.165, 1.54) is 0 Å². The molecule has 1 aliphatic heterocycles. The van der Waals surface area contributed by atoms with Crippen LogP contribution in [-0.4, -0.2) is 28.8 Å². The highest BCUT2D eigenvalue weighted by Gasteiger charge is 2.21. The number of hydrogen-bond donors (Lipinski definition) is 0. The third kappa shape index (κ3) is 1.73. The zero-order chi connectivity index (χ0) is 12.5. The van der Waals surface area contributed by atoms with E-state index in [0.29, 0.717) is 35.8 Å². The van der Waals surface area contributed by atoms with Crippen molar-refractivity contribution in [1.82, 2.24) is 9.78 Å². The summed E-state index contributed by atoms with van der Waals surface area (Å²) in [6.07, 6.45) is 3.23. The highest BCUT2D eigenvalue weighted by molar-refractivity contribution is 6.10. The molecule has 2 heterocycles. The van der Waals surface area contributed by atoms with Gasteiger partial charge in [-0.3, -0.25) is 9.48 Å². The molecule has 3 rings (SSSR count). The van der Waals surface area contributed by atoms with Gasteiger partial charge in [0.2, 0.25) is 0 Å². The quantitative estimate of drug-likeness (QED) is 0.750. The summed E-state index contributed by atoms with van der Waals surface area (Å²) in [5.74, 6) is 1.04. The van der Waals surface area contributed by atoms with E-state index < -0.39 is 0 Å². The molecule has 0 radical (unpaired) electrons. The van der Waals surface area contributed by atoms with Crippen LogP contribution in [0.5, 0.6) is 11.5 Å². The molecule has 0 fully saturated rings. The lowest BCUT2D eigenvalue weighted by Crippen LogP contribution is -2.17. The molecule has 18 heavy (non-hydrogen) atoms. The van der Waals surface area contributed by atoms with Gasteiger partial charge in [0.15, 0.2) is 17.3 Å². The normalized spacial score (nSPS) is 13.4. The van der Waals surface area contributed by atoms with E-state index in [4.69, 9.17) is 9.47 Å². The summed E-state index contributed by atoms with van der Waals surface area (Å²) in [5, 5.41) is 4.00. The van der Waals surface area contributed by atoms with Crippen molar-refractivity contribution in [3.63, 3.8) is 0 Å². The average Bonchev–Trinajstić information content (AvgIpc) is 2.84. The van der Waals surface area contributed by atoms with Crippen LogP contribution in [-0.2, 0) is 7.05 Å². The maximum Gasteiger partial charge on any atom is 0.200 e. The van der Waals surface area contributed by atoms with Gasteiger partial charge in [-0.05, 0) is 12.1 Å². The minimum Gasteiger partial charge on any atom is -0.486 e. The molecule has 0 N–H and O–H groups in total. The largest absolute Gasteiger partial charge is 0.486 e. The average molecular weight is 244 g/mol. The van der Waals surface area contributed by atoms with Crippen molar-refractivity contribution in [1.29, 1.82) is 0 Å². The second-order valence-corrected chi connectivity index (χ2v) is 4.06. The monoisotopic (exact) mass is 244 g/mol. The van der Waals surface area contributed by atoms with Crippen molar-refractivity contribution in [3.05, 3.63) is 41.7 Å². The van der Waals surface area contributed by atoms with Gasteiger partial charge in [-0.1, -0.05) is 6.07 Å². The van der Waals surface area contributed by atoms with Gasteiger partial charge in [-0.25, -0.2) is 0 Å². The fraction of sp³-hybridized carbons (Fsp3) is 0.231. The molecule has 0 saturated heterocycles. The van der Waals surface area contributed by atoms with Crippen LogP contribution in [0, 0.1) is 0 Å². The number of ketones is 1. The second kappa shape index (κ2) is 4.18. The maximum absolute atomic E-state index is 12.3. The standard InChI is InChI=1S/C13H12N2O3/c1-15-8-9(7-14-15)12(16)10-3-2-4-11-13(10)18-6-5-17-11/h2-4,7-8H,5-6H2,1H3. The molecule has 0 amide bonds. The zero-order valence-corrected chi connectivity index (χ0v) is 9.92. The molecule has 0 unspecified atom stereocenters. The summed E-state index contributed by atoms with van der Waals surface area (Å²) in [6.45, 7) is 0.974. The molecule has 0 saturated carbocycles. The second-order valence-electron chi connectivity index (χ2n) is 4.06. The number of carbonyl (C=O) groups is 1. The molecule has 0 bridgehead atoms. The SMILES string of the molecule is Cn1cc(C(=O)c2cccc3c2OCCO3)cn1. The Balaban J connectivity index is 2.04. The summed E-state index contributed by atoms with van der Waals surface area (Å²) < 4.78 is 12.6. The van der Waals surface area contributed by atoms with Crippen LogP contribution in [0.2, 0.25) is 0 Å². The first-order chi connectivity index (χ1) is 8.75. The van der Waals surface area contributed by atoms with E-state index >= 15 is 0 Å². The predicted molar refractivity (Wildman–Crippen MR) is 64.1 cm³/mol. The number of ether oxygens (including phenoxy) is 2. The molecule has 1 aromatic carbocycles. The number of carbonyl (C=O) groups excluding carboxylic acids is 1. The van der Waals surface area contributed by atoms with Crippen LogP contribution >= 0.6 is 0 Å². The third-order valence-electron chi connectivity index (χ3n) is 2.78. The molecular weight excluding hydrogens is 232 g/mol. The Morgan fingerprint density at radius 2 is 2.17 bits per heavy atom. The molecule has 5 nitrogen and oxygen atoms in total. The molecule has 0 spiro atoms. The van der Waals surface area contributed by atoms with E-state index in [1.54, 1.807) is 42.3 Å². The van der Waals surface area contributed by atoms with Gasteiger partial charge in [0.1, 0.15) is 13.2 Å². The Labute approximate surface area is 104 Å². The number of aromatic nitrogens is 2. The molecule has 0 aliphatic carbocycles. The molecule has 0 atom stereocenters. The summed E-state index contributed by atoms with van der Waals surface area (Å²) >= 11 is 0. The van der Waals surface area contributed by atoms with Crippen molar-refractivity contribution >= 4 is 5.78 Å². The number of nitrogens with zero attached hydrogens (tertiary/aromatic N) is 2. The first kappa shape index (κ1) is 10.8. The van der Waals surface area contributed by atoms with Crippen molar-refractivity contribution in [2.24, 2.45) is 7.05 Å². The van der Waals surface area contributed by atoms with Crippen LogP contribution in [0.25, 0.3) is 0 Å². The van der Waals surface area contributed by atoms with E-state index in [0.717, 1.165) is 0 Å². The van der Waals surface area contributed by atoms with Gasteiger partial charge >= 0.3 is 0 Å². The first-order valence-corrected chi connectivity index (χ1v) is 5.67. The maximum atomic E-state index is 12.3. The molecule has 5 heteroatoms. The van der Waals surface area contributed by atoms with Gasteiger partial charge in [-0.2, -0.15) is 5.10 Å². The van der Waals surface area contributed by atoms with E-state index in [1.807, 2.05) is 0 Å². The van der Waals surface area contributed by atoms with Gasteiger partial charge in [-0.15, -0.1) is 0 Å².